The lowest BCUT2D eigenvalue weighted by atomic mass is 10.1. The molecule has 0 saturated carbocycles. The Balaban J connectivity index is 1.86. The Morgan fingerprint density at radius 3 is 2.76 bits per heavy atom. The Bertz CT molecular complexity index is 1060. The van der Waals surface area contributed by atoms with Crippen LogP contribution in [-0.2, 0) is 17.4 Å². The first kappa shape index (κ1) is 21.2. The highest BCUT2D eigenvalue weighted by molar-refractivity contribution is 8.00. The number of alkyl halides is 3. The minimum absolute atomic E-state index is 0.103. The van der Waals surface area contributed by atoms with Gasteiger partial charge in [0.15, 0.2) is 0 Å². The second kappa shape index (κ2) is 8.89. The van der Waals surface area contributed by atoms with Crippen LogP contribution in [0.2, 0.25) is 0 Å². The number of thiophene rings is 1. The van der Waals surface area contributed by atoms with E-state index in [9.17, 15) is 23.2 Å². The van der Waals surface area contributed by atoms with Crippen molar-refractivity contribution in [2.75, 3.05) is 11.1 Å². The highest BCUT2D eigenvalue weighted by Crippen LogP contribution is 2.38. The van der Waals surface area contributed by atoms with Crippen LogP contribution in [0.4, 0.5) is 18.3 Å². The predicted molar refractivity (Wildman–Crippen MR) is 106 cm³/mol. The van der Waals surface area contributed by atoms with Gasteiger partial charge in [0.1, 0.15) is 16.1 Å². The maximum atomic E-state index is 13.5. The first-order valence-electron chi connectivity index (χ1n) is 8.13. The van der Waals surface area contributed by atoms with Crippen LogP contribution < -0.4 is 5.32 Å². The lowest BCUT2D eigenvalue weighted by Crippen LogP contribution is -2.15. The number of hydrogen-bond acceptors (Lipinski definition) is 8. The Kier molecular flexibility index (Phi) is 6.51. The third kappa shape index (κ3) is 5.11. The molecule has 29 heavy (non-hydrogen) atoms. The van der Waals surface area contributed by atoms with Gasteiger partial charge in [0.25, 0.3) is 0 Å². The summed E-state index contributed by atoms with van der Waals surface area (Å²) in [6, 6.07) is 5.77. The molecule has 0 aliphatic rings. The fourth-order valence-corrected chi connectivity index (χ4v) is 4.43. The van der Waals surface area contributed by atoms with E-state index >= 15 is 0 Å². The molecule has 0 spiro atoms. The molecular formula is C17H12F3N5OS3. The molecule has 12 heteroatoms. The molecule has 150 valence electrons. The largest absolute Gasteiger partial charge is 0.417 e. The summed E-state index contributed by atoms with van der Waals surface area (Å²) in [7, 11) is 0. The molecule has 0 aliphatic heterocycles. The molecule has 6 nitrogen and oxygen atoms in total. The normalized spacial score (nSPS) is 11.3. The number of carbonyl (C=O) groups is 1. The number of pyridine rings is 1. The predicted octanol–water partition coefficient (Wildman–Crippen LogP) is 4.85. The number of aromatic nitrogens is 3. The summed E-state index contributed by atoms with van der Waals surface area (Å²) < 4.78 is 40.4. The second-order valence-corrected chi connectivity index (χ2v) is 8.49. The van der Waals surface area contributed by atoms with E-state index in [4.69, 9.17) is 0 Å². The Hall–Kier alpha value is -2.49. The van der Waals surface area contributed by atoms with Crippen LogP contribution in [0.25, 0.3) is 10.6 Å². The smallest absolute Gasteiger partial charge is 0.300 e. The number of nitrogens with zero attached hydrogens (tertiary/aromatic N) is 4. The van der Waals surface area contributed by atoms with Gasteiger partial charge < -0.3 is 0 Å². The third-order valence-electron chi connectivity index (χ3n) is 3.53. The van der Waals surface area contributed by atoms with Crippen molar-refractivity contribution in [2.45, 2.75) is 24.5 Å². The van der Waals surface area contributed by atoms with Gasteiger partial charge in [-0.05, 0) is 23.9 Å². The fraction of sp³-hybridized carbons (Fsp3) is 0.235. The van der Waals surface area contributed by atoms with Gasteiger partial charge in [-0.3, -0.25) is 10.1 Å². The molecule has 3 rings (SSSR count). The van der Waals surface area contributed by atoms with Gasteiger partial charge in [-0.15, -0.1) is 21.5 Å². The zero-order valence-corrected chi connectivity index (χ0v) is 17.2. The highest BCUT2D eigenvalue weighted by Gasteiger charge is 2.36. The Labute approximate surface area is 175 Å². The van der Waals surface area contributed by atoms with Gasteiger partial charge in [0.05, 0.1) is 27.5 Å². The zero-order valence-electron chi connectivity index (χ0n) is 14.8. The molecule has 0 bridgehead atoms. The highest BCUT2D eigenvalue weighted by atomic mass is 32.2. The van der Waals surface area contributed by atoms with Gasteiger partial charge in [-0.2, -0.15) is 18.4 Å². The molecule has 1 N–H and O–H groups in total. The molecule has 3 aromatic heterocycles. The molecule has 3 heterocycles. The van der Waals surface area contributed by atoms with Gasteiger partial charge in [0, 0.05) is 0 Å². The molecule has 0 saturated heterocycles. The van der Waals surface area contributed by atoms with E-state index in [1.54, 1.807) is 23.6 Å². The average molecular weight is 456 g/mol. The summed E-state index contributed by atoms with van der Waals surface area (Å²) in [4.78, 5) is 16.9. The molecule has 0 atom stereocenters. The van der Waals surface area contributed by atoms with E-state index in [0.29, 0.717) is 16.4 Å². The lowest BCUT2D eigenvalue weighted by molar-refractivity contribution is -0.138. The number of nitriles is 1. The van der Waals surface area contributed by atoms with Crippen LogP contribution in [-0.4, -0.2) is 26.8 Å². The van der Waals surface area contributed by atoms with Crippen molar-refractivity contribution in [3.05, 3.63) is 39.7 Å². The number of aryl methyl sites for hydroxylation is 1. The van der Waals surface area contributed by atoms with Gasteiger partial charge in [-0.25, -0.2) is 4.98 Å². The fourth-order valence-electron chi connectivity index (χ4n) is 2.24. The minimum Gasteiger partial charge on any atom is -0.300 e. The number of thioether (sulfide) groups is 1. The third-order valence-corrected chi connectivity index (χ3v) is 6.38. The first-order valence-corrected chi connectivity index (χ1v) is 10.8. The Morgan fingerprint density at radius 1 is 1.38 bits per heavy atom. The van der Waals surface area contributed by atoms with Gasteiger partial charge in [-0.1, -0.05) is 36.1 Å². The number of amides is 1. The van der Waals surface area contributed by atoms with E-state index < -0.39 is 23.2 Å². The SMILES string of the molecule is CCc1nnc(NC(=O)CSc2nc(-c3cccs3)cc(C(F)(F)F)c2C#N)s1. The summed E-state index contributed by atoms with van der Waals surface area (Å²) in [6.07, 6.45) is -4.05. The van der Waals surface area contributed by atoms with E-state index in [1.807, 2.05) is 6.92 Å². The minimum atomic E-state index is -4.72. The lowest BCUT2D eigenvalue weighted by Gasteiger charge is -2.13. The average Bonchev–Trinajstić information content (AvgIpc) is 3.36. The summed E-state index contributed by atoms with van der Waals surface area (Å²) >= 11 is 3.22. The number of carbonyl (C=O) groups excluding carboxylic acids is 1. The molecule has 3 aromatic rings. The van der Waals surface area contributed by atoms with Crippen molar-refractivity contribution >= 4 is 45.5 Å². The van der Waals surface area contributed by atoms with Gasteiger partial charge >= 0.3 is 6.18 Å². The summed E-state index contributed by atoms with van der Waals surface area (Å²) in [5, 5.41) is 22.2. The number of hydrogen-bond donors (Lipinski definition) is 1. The van der Waals surface area contributed by atoms with Crippen molar-refractivity contribution < 1.29 is 18.0 Å². The van der Waals surface area contributed by atoms with Crippen LogP contribution in [0.15, 0.2) is 28.6 Å². The molecule has 0 fully saturated rings. The van der Waals surface area contributed by atoms with E-state index in [2.05, 4.69) is 20.5 Å². The van der Waals surface area contributed by atoms with Crippen LogP contribution in [0, 0.1) is 11.3 Å². The first-order chi connectivity index (χ1) is 13.8. The van der Waals surface area contributed by atoms with E-state index in [0.717, 1.165) is 22.8 Å². The molecule has 0 aromatic carbocycles. The van der Waals surface area contributed by atoms with Crippen molar-refractivity contribution in [1.82, 2.24) is 15.2 Å². The van der Waals surface area contributed by atoms with E-state index in [1.165, 1.54) is 22.7 Å². The number of halogens is 3. The summed E-state index contributed by atoms with van der Waals surface area (Å²) in [5.74, 6) is -0.706. The number of rotatable bonds is 6. The quantitative estimate of drug-likeness (QED) is 0.535. The van der Waals surface area contributed by atoms with E-state index in [-0.39, 0.29) is 16.5 Å². The van der Waals surface area contributed by atoms with Crippen molar-refractivity contribution in [1.29, 1.82) is 5.26 Å². The molecule has 0 radical (unpaired) electrons. The summed E-state index contributed by atoms with van der Waals surface area (Å²) in [5.41, 5.74) is -1.57. The van der Waals surface area contributed by atoms with Crippen LogP contribution in [0.3, 0.4) is 0 Å². The molecule has 1 amide bonds. The van der Waals surface area contributed by atoms with Crippen LogP contribution >= 0.6 is 34.4 Å². The van der Waals surface area contributed by atoms with Crippen molar-refractivity contribution in [2.24, 2.45) is 0 Å². The molecular weight excluding hydrogens is 443 g/mol. The number of anilines is 1. The maximum Gasteiger partial charge on any atom is 0.417 e. The monoisotopic (exact) mass is 455 g/mol. The van der Waals surface area contributed by atoms with Crippen molar-refractivity contribution in [3.63, 3.8) is 0 Å². The maximum absolute atomic E-state index is 13.5. The van der Waals surface area contributed by atoms with Gasteiger partial charge in [0.2, 0.25) is 11.0 Å². The molecule has 0 unspecified atom stereocenters. The second-order valence-electron chi connectivity index (χ2n) is 5.51. The summed E-state index contributed by atoms with van der Waals surface area (Å²) in [6.45, 7) is 1.90. The van der Waals surface area contributed by atoms with Crippen LogP contribution in [0.1, 0.15) is 23.1 Å². The van der Waals surface area contributed by atoms with Crippen molar-refractivity contribution in [3.8, 4) is 16.6 Å². The Morgan fingerprint density at radius 2 is 2.17 bits per heavy atom. The topological polar surface area (TPSA) is 91.6 Å². The number of nitrogens with one attached hydrogen (secondary N) is 1. The molecule has 0 aliphatic carbocycles. The van der Waals surface area contributed by atoms with Crippen LogP contribution in [0.5, 0.6) is 0 Å². The zero-order chi connectivity index (χ0) is 21.0. The standard InChI is InChI=1S/C17H12F3N5OS3/c1-2-14-24-25-16(29-14)23-13(26)8-28-15-9(7-21)10(17(18,19)20)6-11(22-15)12-4-3-5-27-12/h3-6H,2,8H2,1H3,(H,23,25,26).